The lowest BCUT2D eigenvalue weighted by Gasteiger charge is -2.23. The number of ether oxygens (including phenoxy) is 1. The van der Waals surface area contributed by atoms with Crippen LogP contribution in [0.15, 0.2) is 36.7 Å². The second kappa shape index (κ2) is 11.4. The van der Waals surface area contributed by atoms with Crippen LogP contribution in [0.5, 0.6) is 0 Å². The van der Waals surface area contributed by atoms with E-state index in [1.54, 1.807) is 0 Å². The van der Waals surface area contributed by atoms with E-state index in [-0.39, 0.29) is 35.9 Å². The molecule has 2 heterocycles. The summed E-state index contributed by atoms with van der Waals surface area (Å²) in [4.78, 5) is 45.0. The summed E-state index contributed by atoms with van der Waals surface area (Å²) in [5, 5.41) is 8.88. The number of amides is 2. The van der Waals surface area contributed by atoms with Gasteiger partial charge in [0.1, 0.15) is 18.3 Å². The van der Waals surface area contributed by atoms with Crippen molar-refractivity contribution in [1.29, 1.82) is 0 Å². The first kappa shape index (κ1) is 23.5. The Morgan fingerprint density at radius 1 is 1.12 bits per heavy atom. The number of aromatic amines is 1. The summed E-state index contributed by atoms with van der Waals surface area (Å²) in [6.07, 6.45) is 3.36. The van der Waals surface area contributed by atoms with Crippen LogP contribution in [0.2, 0.25) is 0 Å². The number of nitrogens with zero attached hydrogens (tertiary/aromatic N) is 1. The van der Waals surface area contributed by atoms with Gasteiger partial charge in [0.05, 0.1) is 6.33 Å². The molecular weight excluding hydrogens is 410 g/mol. The third kappa shape index (κ3) is 6.65. The van der Waals surface area contributed by atoms with Crippen LogP contribution in [0.25, 0.3) is 0 Å². The van der Waals surface area contributed by atoms with Crippen molar-refractivity contribution in [1.82, 2.24) is 25.9 Å². The van der Waals surface area contributed by atoms with Gasteiger partial charge in [-0.3, -0.25) is 9.59 Å². The number of piperidine rings is 1. The number of rotatable bonds is 9. The quantitative estimate of drug-likeness (QED) is 0.440. The molecule has 1 saturated heterocycles. The number of benzene rings is 1. The Hall–Kier alpha value is -3.20. The van der Waals surface area contributed by atoms with Crippen molar-refractivity contribution in [2.45, 2.75) is 51.8 Å². The second-order valence-corrected chi connectivity index (χ2v) is 8.37. The van der Waals surface area contributed by atoms with Gasteiger partial charge in [0.15, 0.2) is 5.69 Å². The summed E-state index contributed by atoms with van der Waals surface area (Å²) in [6.45, 7) is 5.70. The molecule has 0 aliphatic carbocycles. The molecule has 4 N–H and O–H groups in total. The van der Waals surface area contributed by atoms with Crippen LogP contribution in [-0.4, -0.2) is 52.9 Å². The van der Waals surface area contributed by atoms with E-state index in [9.17, 15) is 14.4 Å². The third-order valence-electron chi connectivity index (χ3n) is 5.28. The lowest BCUT2D eigenvalue weighted by molar-refractivity contribution is -0.147. The smallest absolute Gasteiger partial charge is 0.328 e. The van der Waals surface area contributed by atoms with E-state index in [1.807, 2.05) is 44.2 Å². The molecule has 2 amide bonds. The molecule has 1 aromatic carbocycles. The Morgan fingerprint density at radius 3 is 2.53 bits per heavy atom. The van der Waals surface area contributed by atoms with Crippen LogP contribution < -0.4 is 16.0 Å². The summed E-state index contributed by atoms with van der Waals surface area (Å²) in [6, 6.07) is 8.54. The number of H-pyrrole nitrogens is 1. The molecule has 0 bridgehead atoms. The maximum Gasteiger partial charge on any atom is 0.328 e. The van der Waals surface area contributed by atoms with E-state index in [0.29, 0.717) is 6.42 Å². The lowest BCUT2D eigenvalue weighted by Crippen LogP contribution is -2.45. The van der Waals surface area contributed by atoms with E-state index >= 15 is 0 Å². The van der Waals surface area contributed by atoms with Crippen molar-refractivity contribution < 1.29 is 19.1 Å². The Balaban J connectivity index is 1.63. The van der Waals surface area contributed by atoms with E-state index in [1.165, 1.54) is 6.33 Å². The number of hydrogen-bond acceptors (Lipinski definition) is 6. The summed E-state index contributed by atoms with van der Waals surface area (Å²) in [7, 11) is 0. The van der Waals surface area contributed by atoms with Crippen molar-refractivity contribution in [3.05, 3.63) is 53.6 Å². The molecule has 9 nitrogen and oxygen atoms in total. The van der Waals surface area contributed by atoms with Gasteiger partial charge >= 0.3 is 5.97 Å². The minimum Gasteiger partial charge on any atom is -0.459 e. The third-order valence-corrected chi connectivity index (χ3v) is 5.28. The fourth-order valence-electron chi connectivity index (χ4n) is 3.60. The van der Waals surface area contributed by atoms with E-state index < -0.39 is 17.9 Å². The summed E-state index contributed by atoms with van der Waals surface area (Å²) >= 11 is 0. The minimum absolute atomic E-state index is 0.0407. The van der Waals surface area contributed by atoms with E-state index in [0.717, 1.165) is 31.5 Å². The molecule has 0 radical (unpaired) electrons. The van der Waals surface area contributed by atoms with Gasteiger partial charge in [-0.15, -0.1) is 0 Å². The first-order chi connectivity index (χ1) is 15.4. The summed E-state index contributed by atoms with van der Waals surface area (Å²) < 4.78 is 5.42. The van der Waals surface area contributed by atoms with E-state index in [4.69, 9.17) is 4.74 Å². The first-order valence-corrected chi connectivity index (χ1v) is 11.0. The monoisotopic (exact) mass is 441 g/mol. The number of carbonyl (C=O) groups is 3. The van der Waals surface area contributed by atoms with Gasteiger partial charge in [-0.25, -0.2) is 9.78 Å². The van der Waals surface area contributed by atoms with Gasteiger partial charge in [-0.2, -0.15) is 0 Å². The molecular formula is C23H31N5O4. The molecule has 1 fully saturated rings. The molecule has 9 heteroatoms. The molecule has 1 atom stereocenters. The Kier molecular flexibility index (Phi) is 8.38. The highest BCUT2D eigenvalue weighted by Crippen LogP contribution is 2.12. The Labute approximate surface area is 187 Å². The number of carbonyl (C=O) groups excluding carboxylic acids is 3. The van der Waals surface area contributed by atoms with Gasteiger partial charge in [-0.1, -0.05) is 44.2 Å². The van der Waals surface area contributed by atoms with Crippen molar-refractivity contribution in [2.24, 2.45) is 5.92 Å². The molecule has 1 aromatic heterocycles. The highest BCUT2D eigenvalue weighted by molar-refractivity contribution is 6.05. The van der Waals surface area contributed by atoms with Gasteiger partial charge in [0, 0.05) is 6.04 Å². The van der Waals surface area contributed by atoms with Crippen LogP contribution in [0.4, 0.5) is 0 Å². The zero-order chi connectivity index (χ0) is 22.9. The van der Waals surface area contributed by atoms with Crippen LogP contribution in [-0.2, 0) is 16.1 Å². The van der Waals surface area contributed by atoms with Crippen LogP contribution in [0, 0.1) is 5.92 Å². The SMILES string of the molecule is CC(C)C[C@H](NC(=O)c1nc[nH]c1C(=O)NC1CCNCC1)C(=O)OCc1ccccc1. The number of nitrogens with one attached hydrogen (secondary N) is 4. The molecule has 3 rings (SSSR count). The molecule has 32 heavy (non-hydrogen) atoms. The zero-order valence-electron chi connectivity index (χ0n) is 18.5. The Morgan fingerprint density at radius 2 is 1.84 bits per heavy atom. The molecule has 172 valence electrons. The van der Waals surface area contributed by atoms with Crippen LogP contribution in [0.3, 0.4) is 0 Å². The highest BCUT2D eigenvalue weighted by atomic mass is 16.5. The van der Waals surface area contributed by atoms with Gasteiger partial charge in [0.25, 0.3) is 11.8 Å². The topological polar surface area (TPSA) is 125 Å². The van der Waals surface area contributed by atoms with Crippen LogP contribution in [0.1, 0.15) is 59.7 Å². The molecule has 0 spiro atoms. The zero-order valence-corrected chi connectivity index (χ0v) is 18.5. The van der Waals surface area contributed by atoms with Gasteiger partial charge in [-0.05, 0) is 43.8 Å². The predicted molar refractivity (Wildman–Crippen MR) is 119 cm³/mol. The van der Waals surface area contributed by atoms with Gasteiger partial charge in [0.2, 0.25) is 0 Å². The summed E-state index contributed by atoms with van der Waals surface area (Å²) in [5.41, 5.74) is 0.905. The maximum absolute atomic E-state index is 12.9. The fraction of sp³-hybridized carbons (Fsp3) is 0.478. The van der Waals surface area contributed by atoms with Crippen molar-refractivity contribution in [3.8, 4) is 0 Å². The molecule has 1 aliphatic rings. The average Bonchev–Trinajstić information content (AvgIpc) is 3.28. The Bertz CT molecular complexity index is 906. The number of esters is 1. The van der Waals surface area contributed by atoms with E-state index in [2.05, 4.69) is 25.9 Å². The minimum atomic E-state index is -0.844. The largest absolute Gasteiger partial charge is 0.459 e. The van der Waals surface area contributed by atoms with Crippen molar-refractivity contribution in [2.75, 3.05) is 13.1 Å². The highest BCUT2D eigenvalue weighted by Gasteiger charge is 2.28. The van der Waals surface area contributed by atoms with Crippen LogP contribution >= 0.6 is 0 Å². The molecule has 0 unspecified atom stereocenters. The van der Waals surface area contributed by atoms with Crippen molar-refractivity contribution in [3.63, 3.8) is 0 Å². The predicted octanol–water partition coefficient (Wildman–Crippen LogP) is 1.78. The number of imidazole rings is 1. The normalized spacial score (nSPS) is 15.2. The van der Waals surface area contributed by atoms with Gasteiger partial charge < -0.3 is 25.7 Å². The number of hydrogen-bond donors (Lipinski definition) is 4. The maximum atomic E-state index is 12.9. The summed E-state index contributed by atoms with van der Waals surface area (Å²) in [5.74, 6) is -1.35. The average molecular weight is 442 g/mol. The molecule has 0 saturated carbocycles. The van der Waals surface area contributed by atoms with Crippen molar-refractivity contribution >= 4 is 17.8 Å². The lowest BCUT2D eigenvalue weighted by atomic mass is 10.0. The molecule has 2 aromatic rings. The first-order valence-electron chi connectivity index (χ1n) is 11.0. The number of aromatic nitrogens is 2. The second-order valence-electron chi connectivity index (χ2n) is 8.37. The standard InChI is InChI=1S/C23H31N5O4/c1-15(2)12-18(23(31)32-13-16-6-4-3-5-7-16)28-22(30)20-19(25-14-26-20)21(29)27-17-8-10-24-11-9-17/h3-7,14-15,17-18,24H,8-13H2,1-2H3,(H,25,26)(H,27,29)(H,28,30)/t18-/m0/s1. The fourth-order valence-corrected chi connectivity index (χ4v) is 3.60. The molecule has 1 aliphatic heterocycles.